The van der Waals surface area contributed by atoms with E-state index in [-0.39, 0.29) is 11.3 Å². The monoisotopic (exact) mass is 291 g/mol. The van der Waals surface area contributed by atoms with E-state index in [0.29, 0.717) is 11.7 Å². The Balaban J connectivity index is 2.29. The molecule has 0 spiro atoms. The molecular formula is C13H13N3O3S. The Morgan fingerprint density at radius 1 is 1.45 bits per heavy atom. The lowest BCUT2D eigenvalue weighted by atomic mass is 10.1. The van der Waals surface area contributed by atoms with E-state index in [2.05, 4.69) is 9.97 Å². The van der Waals surface area contributed by atoms with Crippen molar-refractivity contribution < 1.29 is 9.90 Å². The third-order valence-corrected chi connectivity index (χ3v) is 3.63. The summed E-state index contributed by atoms with van der Waals surface area (Å²) in [7, 11) is 0. The largest absolute Gasteiger partial charge is 0.481 e. The van der Waals surface area contributed by atoms with Crippen molar-refractivity contribution in [2.45, 2.75) is 18.6 Å². The second-order valence-electron chi connectivity index (χ2n) is 4.16. The number of pyridine rings is 1. The van der Waals surface area contributed by atoms with Gasteiger partial charge in [0.25, 0.3) is 5.56 Å². The summed E-state index contributed by atoms with van der Waals surface area (Å²) < 4.78 is 1.76. The number of nitrogens with zero attached hydrogens (tertiary/aromatic N) is 3. The Hall–Kier alpha value is -2.15. The molecule has 1 N–H and O–H groups in total. The number of aromatic nitrogens is 3. The molecule has 7 heteroatoms. The molecule has 2 aromatic rings. The molecule has 0 saturated heterocycles. The molecule has 0 aliphatic heterocycles. The normalized spacial score (nSPS) is 10.4. The van der Waals surface area contributed by atoms with Gasteiger partial charge in [0, 0.05) is 31.2 Å². The molecule has 0 fully saturated rings. The number of carbonyl (C=O) groups is 1. The number of aliphatic carboxylic acids is 1. The van der Waals surface area contributed by atoms with E-state index >= 15 is 0 Å². The van der Waals surface area contributed by atoms with Crippen LogP contribution in [0.4, 0.5) is 0 Å². The molecule has 2 heterocycles. The Morgan fingerprint density at radius 2 is 2.25 bits per heavy atom. The van der Waals surface area contributed by atoms with Gasteiger partial charge in [0.1, 0.15) is 0 Å². The first-order chi connectivity index (χ1) is 9.56. The maximum Gasteiger partial charge on any atom is 0.313 e. The minimum atomic E-state index is -0.945. The van der Waals surface area contributed by atoms with Crippen molar-refractivity contribution in [2.75, 3.05) is 5.75 Å². The van der Waals surface area contributed by atoms with Crippen molar-refractivity contribution in [1.29, 1.82) is 0 Å². The van der Waals surface area contributed by atoms with Gasteiger partial charge in [0.05, 0.1) is 5.75 Å². The lowest BCUT2D eigenvalue weighted by Crippen LogP contribution is -2.15. The maximum atomic E-state index is 11.3. The first kappa shape index (κ1) is 14.3. The average molecular weight is 291 g/mol. The van der Waals surface area contributed by atoms with Crippen molar-refractivity contribution in [3.8, 4) is 0 Å². The van der Waals surface area contributed by atoms with E-state index in [1.54, 1.807) is 23.2 Å². The summed E-state index contributed by atoms with van der Waals surface area (Å²) in [6.45, 7) is 2.46. The molecule has 2 aromatic heterocycles. The number of carboxylic acids is 1. The fourth-order valence-electron chi connectivity index (χ4n) is 1.64. The third-order valence-electron chi connectivity index (χ3n) is 2.65. The highest BCUT2D eigenvalue weighted by atomic mass is 32.2. The van der Waals surface area contributed by atoms with Gasteiger partial charge in [-0.15, -0.1) is 0 Å². The summed E-state index contributed by atoms with van der Waals surface area (Å²) >= 11 is 1.03. The zero-order valence-corrected chi connectivity index (χ0v) is 11.6. The summed E-state index contributed by atoms with van der Waals surface area (Å²) in [6.07, 6.45) is 5.08. The van der Waals surface area contributed by atoms with Crippen molar-refractivity contribution in [2.24, 2.45) is 0 Å². The fourth-order valence-corrected chi connectivity index (χ4v) is 2.34. The van der Waals surface area contributed by atoms with Gasteiger partial charge in [0.15, 0.2) is 5.16 Å². The van der Waals surface area contributed by atoms with Crippen LogP contribution in [-0.2, 0) is 11.3 Å². The quantitative estimate of drug-likeness (QED) is 0.657. The van der Waals surface area contributed by atoms with Gasteiger partial charge in [-0.2, -0.15) is 4.98 Å². The van der Waals surface area contributed by atoms with E-state index in [1.165, 1.54) is 6.07 Å². The van der Waals surface area contributed by atoms with Crippen LogP contribution in [0, 0.1) is 6.92 Å². The molecule has 104 valence electrons. The summed E-state index contributed by atoms with van der Waals surface area (Å²) in [6, 6.07) is 3.25. The molecule has 6 nitrogen and oxygen atoms in total. The zero-order chi connectivity index (χ0) is 14.5. The van der Waals surface area contributed by atoms with Gasteiger partial charge in [-0.05, 0) is 24.1 Å². The number of rotatable bonds is 5. The fraction of sp³-hybridized carbons (Fsp3) is 0.231. The van der Waals surface area contributed by atoms with Crippen LogP contribution in [0.3, 0.4) is 0 Å². The average Bonchev–Trinajstić information content (AvgIpc) is 2.41. The molecule has 20 heavy (non-hydrogen) atoms. The number of hydrogen-bond acceptors (Lipinski definition) is 5. The maximum absolute atomic E-state index is 11.3. The molecule has 0 saturated carbocycles. The minimum absolute atomic E-state index is 0.133. The van der Waals surface area contributed by atoms with Crippen LogP contribution >= 0.6 is 11.8 Å². The van der Waals surface area contributed by atoms with Crippen molar-refractivity contribution in [3.05, 3.63) is 52.2 Å². The molecule has 0 bridgehead atoms. The summed E-state index contributed by atoms with van der Waals surface area (Å²) in [4.78, 5) is 29.8. The Morgan fingerprint density at radius 3 is 2.95 bits per heavy atom. The minimum Gasteiger partial charge on any atom is -0.481 e. The molecule has 0 unspecified atom stereocenters. The molecule has 2 rings (SSSR count). The van der Waals surface area contributed by atoms with Gasteiger partial charge in [-0.3, -0.25) is 14.6 Å². The molecule has 0 aromatic carbocycles. The standard InChI is InChI=1S/C13H13N3O3S/c1-9-6-14-4-2-10(9)7-16-5-3-11(17)15-13(16)20-8-12(18)19/h2-6H,7-8H2,1H3,(H,18,19). The molecular weight excluding hydrogens is 278 g/mol. The molecule has 0 radical (unpaired) electrons. The van der Waals surface area contributed by atoms with Crippen molar-refractivity contribution in [1.82, 2.24) is 14.5 Å². The number of carboxylic acid groups (broad SMARTS) is 1. The van der Waals surface area contributed by atoms with Crippen LogP contribution in [0.1, 0.15) is 11.1 Å². The van der Waals surface area contributed by atoms with Gasteiger partial charge in [0.2, 0.25) is 0 Å². The smallest absolute Gasteiger partial charge is 0.313 e. The van der Waals surface area contributed by atoms with Crippen LogP contribution in [-0.4, -0.2) is 31.4 Å². The van der Waals surface area contributed by atoms with E-state index in [9.17, 15) is 9.59 Å². The summed E-state index contributed by atoms with van der Waals surface area (Å²) in [5.41, 5.74) is 1.70. The predicted molar refractivity (Wildman–Crippen MR) is 74.9 cm³/mol. The molecule has 0 aliphatic rings. The lowest BCUT2D eigenvalue weighted by molar-refractivity contribution is -0.133. The Labute approximate surface area is 119 Å². The number of thioether (sulfide) groups is 1. The van der Waals surface area contributed by atoms with Gasteiger partial charge in [-0.25, -0.2) is 0 Å². The van der Waals surface area contributed by atoms with Crippen LogP contribution in [0.15, 0.2) is 40.7 Å². The highest BCUT2D eigenvalue weighted by Gasteiger charge is 2.08. The zero-order valence-electron chi connectivity index (χ0n) is 10.8. The predicted octanol–water partition coefficient (Wildman–Crippen LogP) is 1.17. The van der Waals surface area contributed by atoms with Crippen LogP contribution in [0.25, 0.3) is 0 Å². The lowest BCUT2D eigenvalue weighted by Gasteiger charge is -2.12. The second kappa shape index (κ2) is 6.33. The van der Waals surface area contributed by atoms with E-state index in [4.69, 9.17) is 5.11 Å². The first-order valence-electron chi connectivity index (χ1n) is 5.88. The van der Waals surface area contributed by atoms with E-state index in [0.717, 1.165) is 22.9 Å². The first-order valence-corrected chi connectivity index (χ1v) is 6.86. The summed E-state index contributed by atoms with van der Waals surface area (Å²) in [5.74, 6) is -1.08. The third kappa shape index (κ3) is 3.67. The highest BCUT2D eigenvalue weighted by Crippen LogP contribution is 2.16. The molecule has 0 atom stereocenters. The number of aryl methyl sites for hydroxylation is 1. The van der Waals surface area contributed by atoms with E-state index < -0.39 is 5.97 Å². The Kier molecular flexibility index (Phi) is 4.52. The molecule has 0 aliphatic carbocycles. The Bertz CT molecular complexity index is 685. The second-order valence-corrected chi connectivity index (χ2v) is 5.10. The van der Waals surface area contributed by atoms with Crippen LogP contribution in [0.5, 0.6) is 0 Å². The van der Waals surface area contributed by atoms with E-state index in [1.807, 2.05) is 13.0 Å². The van der Waals surface area contributed by atoms with Gasteiger partial charge >= 0.3 is 5.97 Å². The SMILES string of the molecule is Cc1cnccc1Cn1ccc(=O)nc1SCC(=O)O. The highest BCUT2D eigenvalue weighted by molar-refractivity contribution is 7.99. The van der Waals surface area contributed by atoms with Gasteiger partial charge < -0.3 is 9.67 Å². The van der Waals surface area contributed by atoms with Gasteiger partial charge in [-0.1, -0.05) is 11.8 Å². The van der Waals surface area contributed by atoms with Crippen LogP contribution in [0.2, 0.25) is 0 Å². The summed E-state index contributed by atoms with van der Waals surface area (Å²) in [5, 5.41) is 9.12. The van der Waals surface area contributed by atoms with Crippen LogP contribution < -0.4 is 5.56 Å². The molecule has 0 amide bonds. The van der Waals surface area contributed by atoms with Crippen molar-refractivity contribution >= 4 is 17.7 Å². The number of hydrogen-bond donors (Lipinski definition) is 1. The van der Waals surface area contributed by atoms with Crippen molar-refractivity contribution in [3.63, 3.8) is 0 Å². The topological polar surface area (TPSA) is 85.1 Å².